The molecular weight excluding hydrogens is 392 g/mol. The summed E-state index contributed by atoms with van der Waals surface area (Å²) < 4.78 is 5.60. The van der Waals surface area contributed by atoms with Crippen molar-refractivity contribution in [2.45, 2.75) is 26.7 Å². The average Bonchev–Trinajstić information content (AvgIpc) is 2.70. The number of rotatable bonds is 5. The number of aryl methyl sites for hydroxylation is 1. The summed E-state index contributed by atoms with van der Waals surface area (Å²) in [6.45, 7) is 6.16. The van der Waals surface area contributed by atoms with Gasteiger partial charge in [0.25, 0.3) is 5.91 Å². The molecule has 0 atom stereocenters. The number of hydrogen-bond donors (Lipinski definition) is 1. The zero-order valence-corrected chi connectivity index (χ0v) is 17.8. The topological polar surface area (TPSA) is 41.6 Å². The maximum atomic E-state index is 12.2. The van der Waals surface area contributed by atoms with E-state index < -0.39 is 0 Å². The van der Waals surface area contributed by atoms with Gasteiger partial charge >= 0.3 is 0 Å². The molecule has 1 saturated heterocycles. The van der Waals surface area contributed by atoms with E-state index in [4.69, 9.17) is 28.6 Å². The second-order valence-electron chi connectivity index (χ2n) is 7.30. The molecule has 0 bridgehead atoms. The van der Waals surface area contributed by atoms with Gasteiger partial charge in [0.15, 0.2) is 6.61 Å². The first kappa shape index (κ1) is 20.6. The summed E-state index contributed by atoms with van der Waals surface area (Å²) in [5.74, 6) is 1.18. The Labute approximate surface area is 176 Å². The maximum absolute atomic E-state index is 12.2. The summed E-state index contributed by atoms with van der Waals surface area (Å²) in [4.78, 5) is 15.3. The van der Waals surface area contributed by atoms with Gasteiger partial charge in [-0.25, -0.2) is 0 Å². The maximum Gasteiger partial charge on any atom is 0.262 e. The van der Waals surface area contributed by atoms with Crippen molar-refractivity contribution in [3.8, 4) is 5.75 Å². The molecule has 0 aliphatic carbocycles. The second-order valence-corrected chi connectivity index (χ2v) is 8.12. The highest BCUT2D eigenvalue weighted by atomic mass is 35.5. The van der Waals surface area contributed by atoms with Crippen molar-refractivity contribution in [3.63, 3.8) is 0 Å². The number of piperidine rings is 1. The third-order valence-electron chi connectivity index (χ3n) is 5.02. The van der Waals surface area contributed by atoms with Gasteiger partial charge in [0.2, 0.25) is 0 Å². The van der Waals surface area contributed by atoms with Crippen LogP contribution in [0.25, 0.3) is 0 Å². The van der Waals surface area contributed by atoms with E-state index in [-0.39, 0.29) is 12.5 Å². The number of carbonyl (C=O) groups is 1. The van der Waals surface area contributed by atoms with Crippen LogP contribution in [0.3, 0.4) is 0 Å². The lowest BCUT2D eigenvalue weighted by molar-refractivity contribution is -0.118. The Morgan fingerprint density at radius 3 is 2.57 bits per heavy atom. The number of nitrogens with zero attached hydrogens (tertiary/aromatic N) is 1. The van der Waals surface area contributed by atoms with Crippen LogP contribution < -0.4 is 10.1 Å². The molecule has 0 saturated carbocycles. The molecule has 3 rings (SSSR count). The fraction of sp³-hybridized carbons (Fsp3) is 0.364. The number of thiocarbonyl (C=S) groups is 1. The Morgan fingerprint density at radius 2 is 1.89 bits per heavy atom. The number of amides is 1. The summed E-state index contributed by atoms with van der Waals surface area (Å²) in [6.07, 6.45) is 2.37. The molecule has 148 valence electrons. The number of benzene rings is 2. The van der Waals surface area contributed by atoms with Crippen LogP contribution in [0.4, 0.5) is 5.69 Å². The van der Waals surface area contributed by atoms with Gasteiger partial charge in [-0.15, -0.1) is 0 Å². The molecule has 1 heterocycles. The first-order valence-corrected chi connectivity index (χ1v) is 10.3. The highest BCUT2D eigenvalue weighted by Crippen LogP contribution is 2.21. The van der Waals surface area contributed by atoms with Crippen molar-refractivity contribution in [2.24, 2.45) is 5.92 Å². The van der Waals surface area contributed by atoms with E-state index in [9.17, 15) is 4.79 Å². The van der Waals surface area contributed by atoms with Gasteiger partial charge in [0.1, 0.15) is 10.7 Å². The van der Waals surface area contributed by atoms with Crippen LogP contribution in [0.1, 0.15) is 30.9 Å². The molecule has 1 fully saturated rings. The fourth-order valence-electron chi connectivity index (χ4n) is 3.15. The van der Waals surface area contributed by atoms with E-state index >= 15 is 0 Å². The largest absolute Gasteiger partial charge is 0.484 e. The van der Waals surface area contributed by atoms with Gasteiger partial charge in [-0.05, 0) is 67.6 Å². The highest BCUT2D eigenvalue weighted by Gasteiger charge is 2.18. The van der Waals surface area contributed by atoms with Gasteiger partial charge < -0.3 is 15.0 Å². The van der Waals surface area contributed by atoms with Crippen molar-refractivity contribution in [1.82, 2.24) is 4.90 Å². The van der Waals surface area contributed by atoms with Crippen molar-refractivity contribution in [2.75, 3.05) is 25.0 Å². The predicted molar refractivity (Wildman–Crippen MR) is 118 cm³/mol. The quantitative estimate of drug-likeness (QED) is 0.690. The molecule has 1 aliphatic rings. The Morgan fingerprint density at radius 1 is 1.21 bits per heavy atom. The van der Waals surface area contributed by atoms with Crippen LogP contribution in [0, 0.1) is 12.8 Å². The number of nitrogens with one attached hydrogen (secondary N) is 1. The Hall–Kier alpha value is -2.11. The minimum absolute atomic E-state index is 0.0697. The van der Waals surface area contributed by atoms with Crippen molar-refractivity contribution >= 4 is 40.4 Å². The molecule has 0 unspecified atom stereocenters. The predicted octanol–water partition coefficient (Wildman–Crippen LogP) is 5.07. The summed E-state index contributed by atoms with van der Waals surface area (Å²) in [7, 11) is 0. The first-order chi connectivity index (χ1) is 13.4. The number of ether oxygens (including phenoxy) is 1. The molecule has 1 amide bonds. The van der Waals surface area contributed by atoms with E-state index in [1.165, 1.54) is 12.8 Å². The normalized spacial score (nSPS) is 14.6. The molecule has 1 aliphatic heterocycles. The summed E-state index contributed by atoms with van der Waals surface area (Å²) in [6, 6.07) is 13.0. The third kappa shape index (κ3) is 5.46. The van der Waals surface area contributed by atoms with Gasteiger partial charge in [-0.3, -0.25) is 4.79 Å². The molecule has 0 aromatic heterocycles. The van der Waals surface area contributed by atoms with E-state index in [0.29, 0.717) is 16.5 Å². The molecule has 1 N–H and O–H groups in total. The van der Waals surface area contributed by atoms with E-state index in [1.807, 2.05) is 37.3 Å². The zero-order valence-electron chi connectivity index (χ0n) is 16.2. The summed E-state index contributed by atoms with van der Waals surface area (Å²) >= 11 is 11.6. The molecular formula is C22H25ClN2O2S. The van der Waals surface area contributed by atoms with E-state index in [0.717, 1.165) is 35.1 Å². The van der Waals surface area contributed by atoms with Gasteiger partial charge in [0, 0.05) is 29.4 Å². The average molecular weight is 417 g/mol. The lowest BCUT2D eigenvalue weighted by Crippen LogP contribution is -2.37. The number of carbonyl (C=O) groups excluding carboxylic acids is 1. The lowest BCUT2D eigenvalue weighted by atomic mass is 9.99. The zero-order chi connectivity index (χ0) is 20.1. The van der Waals surface area contributed by atoms with Crippen molar-refractivity contribution in [3.05, 3.63) is 58.6 Å². The van der Waals surface area contributed by atoms with Crippen LogP contribution in [0.5, 0.6) is 5.75 Å². The standard InChI is InChI=1S/C22H25ClN2O2S/c1-15-9-11-25(12-10-15)22(28)17-4-7-19(8-5-17)27-14-21(26)24-20-13-18(23)6-3-16(20)2/h3-8,13,15H,9-12,14H2,1-2H3,(H,24,26). The second kappa shape index (κ2) is 9.39. The molecule has 2 aromatic rings. The van der Waals surface area contributed by atoms with Gasteiger partial charge in [-0.1, -0.05) is 36.8 Å². The summed E-state index contributed by atoms with van der Waals surface area (Å²) in [5.41, 5.74) is 2.65. The highest BCUT2D eigenvalue weighted by molar-refractivity contribution is 7.80. The minimum Gasteiger partial charge on any atom is -0.484 e. The number of likely N-dealkylation sites (tertiary alicyclic amines) is 1. The van der Waals surface area contributed by atoms with E-state index in [2.05, 4.69) is 17.1 Å². The molecule has 0 radical (unpaired) electrons. The van der Waals surface area contributed by atoms with Crippen LogP contribution in [-0.4, -0.2) is 35.5 Å². The third-order valence-corrected chi connectivity index (χ3v) is 5.74. The van der Waals surface area contributed by atoms with Crippen molar-refractivity contribution < 1.29 is 9.53 Å². The Balaban J connectivity index is 1.52. The SMILES string of the molecule is Cc1ccc(Cl)cc1NC(=O)COc1ccc(C(=S)N2CCC(C)CC2)cc1. The number of hydrogen-bond acceptors (Lipinski definition) is 3. The minimum atomic E-state index is -0.229. The van der Waals surface area contributed by atoms with Crippen LogP contribution >= 0.6 is 23.8 Å². The van der Waals surface area contributed by atoms with E-state index in [1.54, 1.807) is 12.1 Å². The van der Waals surface area contributed by atoms with Crippen LogP contribution in [0.15, 0.2) is 42.5 Å². The first-order valence-electron chi connectivity index (χ1n) is 9.50. The molecule has 28 heavy (non-hydrogen) atoms. The van der Waals surface area contributed by atoms with Crippen LogP contribution in [-0.2, 0) is 4.79 Å². The summed E-state index contributed by atoms with van der Waals surface area (Å²) in [5, 5.41) is 3.40. The van der Waals surface area contributed by atoms with Crippen LogP contribution in [0.2, 0.25) is 5.02 Å². The molecule has 4 nitrogen and oxygen atoms in total. The smallest absolute Gasteiger partial charge is 0.262 e. The molecule has 0 spiro atoms. The van der Waals surface area contributed by atoms with Gasteiger partial charge in [-0.2, -0.15) is 0 Å². The molecule has 6 heteroatoms. The Bertz CT molecular complexity index is 846. The molecule has 2 aromatic carbocycles. The fourth-order valence-corrected chi connectivity index (χ4v) is 3.64. The van der Waals surface area contributed by atoms with Gasteiger partial charge in [0.05, 0.1) is 0 Å². The monoisotopic (exact) mass is 416 g/mol. The van der Waals surface area contributed by atoms with Crippen molar-refractivity contribution in [1.29, 1.82) is 0 Å². The number of halogens is 1. The Kier molecular flexibility index (Phi) is 6.92. The number of anilines is 1. The lowest BCUT2D eigenvalue weighted by Gasteiger charge is -2.32.